The lowest BCUT2D eigenvalue weighted by atomic mass is 10.1. The first-order valence-electron chi connectivity index (χ1n) is 7.76. The van der Waals surface area contributed by atoms with Crippen molar-refractivity contribution in [2.24, 2.45) is 0 Å². The van der Waals surface area contributed by atoms with E-state index in [4.69, 9.17) is 9.47 Å². The second kappa shape index (κ2) is 7.14. The van der Waals surface area contributed by atoms with Crippen LogP contribution in [0.3, 0.4) is 0 Å². The molecule has 0 bridgehead atoms. The Hall–Kier alpha value is -2.54. The third-order valence-corrected chi connectivity index (χ3v) is 4.34. The molecule has 130 valence electrons. The average Bonchev–Trinajstić information content (AvgIpc) is 3.03. The van der Waals surface area contributed by atoms with E-state index in [2.05, 4.69) is 26.2 Å². The minimum atomic E-state index is -0.234. The van der Waals surface area contributed by atoms with Gasteiger partial charge in [-0.3, -0.25) is 9.36 Å². The molecule has 0 fully saturated rings. The van der Waals surface area contributed by atoms with Gasteiger partial charge in [0.15, 0.2) is 0 Å². The largest absolute Gasteiger partial charge is 0.496 e. The summed E-state index contributed by atoms with van der Waals surface area (Å²) < 4.78 is 13.8. The van der Waals surface area contributed by atoms with Crippen LogP contribution in [0.15, 0.2) is 41.1 Å². The molecule has 0 saturated carbocycles. The maximum Gasteiger partial charge on any atom is 0.258 e. The molecule has 7 heteroatoms. The molecule has 0 radical (unpaired) electrons. The summed E-state index contributed by atoms with van der Waals surface area (Å²) in [5, 5.41) is 2.78. The summed E-state index contributed by atoms with van der Waals surface area (Å²) in [4.78, 5) is 16.8. The van der Waals surface area contributed by atoms with Crippen LogP contribution >= 0.6 is 15.9 Å². The molecule has 3 aromatic rings. The summed E-state index contributed by atoms with van der Waals surface area (Å²) in [6.45, 7) is 2.38. The number of nitrogens with zero attached hydrogens (tertiary/aromatic N) is 2. The Morgan fingerprint density at radius 1 is 1.20 bits per heavy atom. The Balaban J connectivity index is 2.18. The second-order valence-electron chi connectivity index (χ2n) is 5.33. The predicted octanol–water partition coefficient (Wildman–Crippen LogP) is 3.55. The molecule has 1 heterocycles. The molecule has 1 amide bonds. The van der Waals surface area contributed by atoms with Crippen LogP contribution in [0.25, 0.3) is 16.7 Å². The van der Waals surface area contributed by atoms with Gasteiger partial charge in [-0.05, 0) is 25.1 Å². The van der Waals surface area contributed by atoms with E-state index in [0.717, 1.165) is 21.2 Å². The number of ether oxygens (including phenoxy) is 2. The number of hydrogen-bond donors (Lipinski definition) is 1. The first-order valence-corrected chi connectivity index (χ1v) is 8.55. The Morgan fingerprint density at radius 3 is 2.48 bits per heavy atom. The second-order valence-corrected chi connectivity index (χ2v) is 6.25. The molecular weight excluding hydrogens is 386 g/mol. The zero-order valence-corrected chi connectivity index (χ0v) is 15.8. The molecule has 1 N–H and O–H groups in total. The smallest absolute Gasteiger partial charge is 0.258 e. The van der Waals surface area contributed by atoms with Gasteiger partial charge in [-0.15, -0.1) is 0 Å². The highest BCUT2D eigenvalue weighted by molar-refractivity contribution is 9.10. The molecule has 25 heavy (non-hydrogen) atoms. The number of aromatic nitrogens is 2. The quantitative estimate of drug-likeness (QED) is 0.707. The van der Waals surface area contributed by atoms with Crippen LogP contribution < -0.4 is 14.8 Å². The molecule has 0 unspecified atom stereocenters. The fourth-order valence-corrected chi connectivity index (χ4v) is 3.05. The summed E-state index contributed by atoms with van der Waals surface area (Å²) in [6.07, 6.45) is 1.73. The Labute approximate surface area is 153 Å². The van der Waals surface area contributed by atoms with Crippen LogP contribution in [-0.2, 0) is 0 Å². The SMILES string of the molecule is CCNC(=O)c1c(OC)cc(-n2cnc3cc(Br)ccc32)cc1OC. The van der Waals surface area contributed by atoms with Gasteiger partial charge in [-0.1, -0.05) is 15.9 Å². The monoisotopic (exact) mass is 403 g/mol. The van der Waals surface area contributed by atoms with E-state index >= 15 is 0 Å². The van der Waals surface area contributed by atoms with Crippen molar-refractivity contribution >= 4 is 32.9 Å². The van der Waals surface area contributed by atoms with Crippen LogP contribution in [0.1, 0.15) is 17.3 Å². The predicted molar refractivity (Wildman–Crippen MR) is 99.9 cm³/mol. The number of fused-ring (bicyclic) bond motifs is 1. The molecule has 0 saturated heterocycles. The average molecular weight is 404 g/mol. The minimum Gasteiger partial charge on any atom is -0.496 e. The van der Waals surface area contributed by atoms with Crippen LogP contribution in [0.5, 0.6) is 11.5 Å². The Bertz CT molecular complexity index is 911. The normalized spacial score (nSPS) is 10.7. The van der Waals surface area contributed by atoms with Gasteiger partial charge in [0.1, 0.15) is 23.4 Å². The van der Waals surface area contributed by atoms with Gasteiger partial charge in [0, 0.05) is 23.2 Å². The van der Waals surface area contributed by atoms with E-state index in [9.17, 15) is 4.79 Å². The van der Waals surface area contributed by atoms with Gasteiger partial charge in [0.2, 0.25) is 0 Å². The third-order valence-electron chi connectivity index (χ3n) is 3.84. The standard InChI is InChI=1S/C18H18BrN3O3/c1-4-20-18(23)17-15(24-2)8-12(9-16(17)25-3)22-10-21-13-7-11(19)5-6-14(13)22/h5-10H,4H2,1-3H3,(H,20,23). The number of benzene rings is 2. The molecule has 6 nitrogen and oxygen atoms in total. The summed E-state index contributed by atoms with van der Waals surface area (Å²) in [5.74, 6) is 0.653. The van der Waals surface area contributed by atoms with E-state index in [1.54, 1.807) is 18.5 Å². The lowest BCUT2D eigenvalue weighted by Crippen LogP contribution is -2.24. The molecular formula is C18H18BrN3O3. The number of methoxy groups -OCH3 is 2. The van der Waals surface area contributed by atoms with E-state index in [1.165, 1.54) is 14.2 Å². The highest BCUT2D eigenvalue weighted by atomic mass is 79.9. The number of carbonyl (C=O) groups excluding carboxylic acids is 1. The van der Waals surface area contributed by atoms with Crippen molar-refractivity contribution in [3.63, 3.8) is 0 Å². The zero-order chi connectivity index (χ0) is 18.0. The molecule has 2 aromatic carbocycles. The van der Waals surface area contributed by atoms with Gasteiger partial charge in [0.25, 0.3) is 5.91 Å². The molecule has 0 atom stereocenters. The summed E-state index contributed by atoms with van der Waals surface area (Å²) in [7, 11) is 3.06. The van der Waals surface area contributed by atoms with Crippen LogP contribution in [0, 0.1) is 0 Å². The topological polar surface area (TPSA) is 65.4 Å². The Morgan fingerprint density at radius 2 is 1.88 bits per heavy atom. The number of amides is 1. The van der Waals surface area contributed by atoms with E-state index < -0.39 is 0 Å². The summed E-state index contributed by atoms with van der Waals surface area (Å²) >= 11 is 3.45. The molecule has 0 aliphatic heterocycles. The first-order chi connectivity index (χ1) is 12.1. The van der Waals surface area contributed by atoms with Gasteiger partial charge >= 0.3 is 0 Å². The van der Waals surface area contributed by atoms with Gasteiger partial charge < -0.3 is 14.8 Å². The summed E-state index contributed by atoms with van der Waals surface area (Å²) in [5.41, 5.74) is 2.98. The maximum atomic E-state index is 12.4. The fraction of sp³-hybridized carbons (Fsp3) is 0.222. The van der Waals surface area contributed by atoms with Crippen molar-refractivity contribution in [2.45, 2.75) is 6.92 Å². The highest BCUT2D eigenvalue weighted by Gasteiger charge is 2.20. The number of carbonyl (C=O) groups is 1. The van der Waals surface area contributed by atoms with Gasteiger partial charge in [-0.2, -0.15) is 0 Å². The maximum absolute atomic E-state index is 12.4. The third kappa shape index (κ3) is 3.19. The number of rotatable bonds is 5. The van der Waals surface area contributed by atoms with Gasteiger partial charge in [-0.25, -0.2) is 4.98 Å². The number of hydrogen-bond acceptors (Lipinski definition) is 4. The van der Waals surface area contributed by atoms with Crippen molar-refractivity contribution in [2.75, 3.05) is 20.8 Å². The van der Waals surface area contributed by atoms with Crippen LogP contribution in [0.2, 0.25) is 0 Å². The van der Waals surface area contributed by atoms with Crippen molar-refractivity contribution in [1.82, 2.24) is 14.9 Å². The minimum absolute atomic E-state index is 0.234. The first kappa shape index (κ1) is 17.3. The van der Waals surface area contributed by atoms with E-state index in [-0.39, 0.29) is 5.91 Å². The van der Waals surface area contributed by atoms with Crippen LogP contribution in [-0.4, -0.2) is 36.2 Å². The highest BCUT2D eigenvalue weighted by Crippen LogP contribution is 2.33. The molecule has 0 aliphatic carbocycles. The van der Waals surface area contributed by atoms with Gasteiger partial charge in [0.05, 0.1) is 30.9 Å². The van der Waals surface area contributed by atoms with E-state index in [0.29, 0.717) is 23.6 Å². The van der Waals surface area contributed by atoms with Crippen LogP contribution in [0.4, 0.5) is 0 Å². The fourth-order valence-electron chi connectivity index (χ4n) is 2.70. The zero-order valence-electron chi connectivity index (χ0n) is 14.2. The number of halogens is 1. The lowest BCUT2D eigenvalue weighted by Gasteiger charge is -2.15. The Kier molecular flexibility index (Phi) is 4.94. The van der Waals surface area contributed by atoms with Crippen molar-refractivity contribution in [3.8, 4) is 17.2 Å². The molecule has 0 aliphatic rings. The summed E-state index contributed by atoms with van der Waals surface area (Å²) in [6, 6.07) is 9.48. The molecule has 1 aromatic heterocycles. The van der Waals surface area contributed by atoms with Crippen molar-refractivity contribution < 1.29 is 14.3 Å². The number of imidazole rings is 1. The van der Waals surface area contributed by atoms with Crippen molar-refractivity contribution in [1.29, 1.82) is 0 Å². The lowest BCUT2D eigenvalue weighted by molar-refractivity contribution is 0.0949. The van der Waals surface area contributed by atoms with E-state index in [1.807, 2.05) is 29.7 Å². The molecule has 0 spiro atoms. The van der Waals surface area contributed by atoms with Crippen molar-refractivity contribution in [3.05, 3.63) is 46.7 Å². The number of nitrogens with one attached hydrogen (secondary N) is 1. The molecule has 3 rings (SSSR count).